The molecule has 44 heavy (non-hydrogen) atoms. The molecular formula is C42H28S2. The van der Waals surface area contributed by atoms with E-state index in [2.05, 4.69) is 158 Å². The minimum Gasteiger partial charge on any atom is -0.116 e. The lowest BCUT2D eigenvalue weighted by molar-refractivity contribution is 1.04. The molecule has 0 nitrogen and oxygen atoms in total. The molecule has 1 aliphatic carbocycles. The lowest BCUT2D eigenvalue weighted by atomic mass is 9.90. The number of hydrogen-bond donors (Lipinski definition) is 0. The minimum absolute atomic E-state index is 0.491. The van der Waals surface area contributed by atoms with Crippen molar-refractivity contribution in [1.82, 2.24) is 0 Å². The smallest absolute Gasteiger partial charge is 0.0435 e. The predicted molar refractivity (Wildman–Crippen MR) is 193 cm³/mol. The summed E-state index contributed by atoms with van der Waals surface area (Å²) in [6, 6.07) is 49.4. The van der Waals surface area contributed by atoms with Crippen molar-refractivity contribution in [3.8, 4) is 33.4 Å². The fourth-order valence-electron chi connectivity index (χ4n) is 6.81. The third-order valence-electron chi connectivity index (χ3n) is 9.01. The Hall–Kier alpha value is -4.50. The van der Waals surface area contributed by atoms with Gasteiger partial charge in [-0.15, -0.1) is 23.5 Å². The zero-order valence-electron chi connectivity index (χ0n) is 24.0. The molecule has 0 N–H and O–H groups in total. The van der Waals surface area contributed by atoms with Crippen molar-refractivity contribution in [2.75, 3.05) is 0 Å². The second-order valence-electron chi connectivity index (χ2n) is 11.6. The Morgan fingerprint density at radius 1 is 0.364 bits per heavy atom. The van der Waals surface area contributed by atoms with E-state index in [0.29, 0.717) is 10.5 Å². The van der Waals surface area contributed by atoms with Crippen LogP contribution in [0.15, 0.2) is 168 Å². The Labute approximate surface area is 266 Å². The van der Waals surface area contributed by atoms with E-state index in [1.807, 2.05) is 23.5 Å². The van der Waals surface area contributed by atoms with Crippen molar-refractivity contribution in [2.45, 2.75) is 20.3 Å². The van der Waals surface area contributed by atoms with Crippen LogP contribution in [-0.4, -0.2) is 10.5 Å². The maximum Gasteiger partial charge on any atom is 0.0435 e. The van der Waals surface area contributed by atoms with E-state index in [1.165, 1.54) is 75.5 Å². The average Bonchev–Trinajstić information content (AvgIpc) is 3.10. The average molecular weight is 597 g/mol. The van der Waals surface area contributed by atoms with Crippen LogP contribution in [-0.2, 0) is 0 Å². The molecule has 208 valence electrons. The molecule has 0 radical (unpaired) electrons. The van der Waals surface area contributed by atoms with Gasteiger partial charge in [-0.1, -0.05) is 140 Å². The van der Waals surface area contributed by atoms with Gasteiger partial charge in [-0.25, -0.2) is 0 Å². The lowest BCUT2D eigenvalue weighted by Crippen LogP contribution is -2.20. The second-order valence-corrected chi connectivity index (χ2v) is 14.0. The summed E-state index contributed by atoms with van der Waals surface area (Å²) in [5, 5.41) is 8.82. The van der Waals surface area contributed by atoms with Crippen LogP contribution in [0.1, 0.15) is 0 Å². The number of rotatable bonds is 3. The molecule has 2 unspecified atom stereocenters. The summed E-state index contributed by atoms with van der Waals surface area (Å²) in [5.41, 5.74) is 7.59. The van der Waals surface area contributed by atoms with E-state index in [9.17, 15) is 0 Å². The summed E-state index contributed by atoms with van der Waals surface area (Å²) in [6.45, 7) is 0. The van der Waals surface area contributed by atoms with Gasteiger partial charge in [-0.3, -0.25) is 0 Å². The fraction of sp³-hybridized carbons (Fsp3) is 0.0476. The molecule has 2 aliphatic rings. The van der Waals surface area contributed by atoms with Gasteiger partial charge in [0.2, 0.25) is 0 Å². The predicted octanol–water partition coefficient (Wildman–Crippen LogP) is 12.2. The summed E-state index contributed by atoms with van der Waals surface area (Å²) in [7, 11) is 0. The minimum atomic E-state index is 0.491. The molecule has 1 aliphatic heterocycles. The van der Waals surface area contributed by atoms with Crippen molar-refractivity contribution in [2.24, 2.45) is 0 Å². The van der Waals surface area contributed by atoms with Crippen molar-refractivity contribution < 1.29 is 0 Å². The molecule has 7 aromatic carbocycles. The molecule has 0 saturated carbocycles. The largest absolute Gasteiger partial charge is 0.116 e. The molecule has 0 saturated heterocycles. The Balaban J connectivity index is 1.14. The summed E-state index contributed by atoms with van der Waals surface area (Å²) >= 11 is 4.00. The molecule has 0 amide bonds. The molecule has 2 atom stereocenters. The summed E-state index contributed by atoms with van der Waals surface area (Å²) in [6.07, 6.45) is 9.06. The van der Waals surface area contributed by atoms with Gasteiger partial charge in [0.1, 0.15) is 0 Å². The van der Waals surface area contributed by atoms with Gasteiger partial charge >= 0.3 is 0 Å². The Bertz CT molecular complexity index is 2280. The molecule has 1 heterocycles. The van der Waals surface area contributed by atoms with Gasteiger partial charge in [-0.05, 0) is 83.9 Å². The van der Waals surface area contributed by atoms with Gasteiger partial charge in [0.15, 0.2) is 0 Å². The molecule has 0 spiro atoms. The van der Waals surface area contributed by atoms with Gasteiger partial charge in [-0.2, -0.15) is 0 Å². The maximum absolute atomic E-state index is 2.39. The van der Waals surface area contributed by atoms with Crippen LogP contribution < -0.4 is 0 Å². The van der Waals surface area contributed by atoms with Crippen LogP contribution in [0.4, 0.5) is 0 Å². The van der Waals surface area contributed by atoms with E-state index in [4.69, 9.17) is 0 Å². The highest BCUT2D eigenvalue weighted by atomic mass is 32.2. The first-order chi connectivity index (χ1) is 21.8. The van der Waals surface area contributed by atoms with Crippen LogP contribution >= 0.6 is 23.5 Å². The lowest BCUT2D eigenvalue weighted by Gasteiger charge is -2.31. The van der Waals surface area contributed by atoms with E-state index < -0.39 is 0 Å². The highest BCUT2D eigenvalue weighted by Gasteiger charge is 2.29. The van der Waals surface area contributed by atoms with Crippen molar-refractivity contribution in [1.29, 1.82) is 0 Å². The molecular weight excluding hydrogens is 569 g/mol. The highest BCUT2D eigenvalue weighted by Crippen LogP contribution is 2.50. The highest BCUT2D eigenvalue weighted by molar-refractivity contribution is 8.06. The van der Waals surface area contributed by atoms with Crippen LogP contribution in [0.3, 0.4) is 0 Å². The third kappa shape index (κ3) is 4.32. The summed E-state index contributed by atoms with van der Waals surface area (Å²) < 4.78 is 0. The number of allylic oxidation sites excluding steroid dienone is 2. The monoisotopic (exact) mass is 596 g/mol. The second kappa shape index (κ2) is 10.6. The Morgan fingerprint density at radius 2 is 0.886 bits per heavy atom. The normalized spacial score (nSPS) is 17.2. The topological polar surface area (TPSA) is 0 Å². The van der Waals surface area contributed by atoms with Crippen molar-refractivity contribution in [3.05, 3.63) is 158 Å². The van der Waals surface area contributed by atoms with Gasteiger partial charge in [0.05, 0.1) is 0 Å². The van der Waals surface area contributed by atoms with Gasteiger partial charge in [0, 0.05) is 20.3 Å². The summed E-state index contributed by atoms with van der Waals surface area (Å²) in [4.78, 5) is 2.80. The molecule has 9 rings (SSSR count). The van der Waals surface area contributed by atoms with E-state index in [-0.39, 0.29) is 0 Å². The number of hydrogen-bond acceptors (Lipinski definition) is 2. The first-order valence-corrected chi connectivity index (χ1v) is 16.9. The summed E-state index contributed by atoms with van der Waals surface area (Å²) in [5.74, 6) is 0. The fourth-order valence-corrected chi connectivity index (χ4v) is 9.65. The zero-order valence-corrected chi connectivity index (χ0v) is 25.6. The van der Waals surface area contributed by atoms with Gasteiger partial charge < -0.3 is 0 Å². The van der Waals surface area contributed by atoms with Gasteiger partial charge in [0.25, 0.3) is 0 Å². The maximum atomic E-state index is 2.39. The van der Waals surface area contributed by atoms with E-state index >= 15 is 0 Å². The Kier molecular flexibility index (Phi) is 6.25. The standard InChI is InChI=1S/C42H28S2/c1-2-9-27(10-3-1)30-22-24-36-37(25-30)34-12-5-4-11-33(34)35-23-21-31(26-38(35)36)28-17-19-29(20-18-28)32-13-8-16-41-42(32)44-40-15-7-6-14-39(40)43-41/h1-26,39-40H. The number of benzene rings is 7. The van der Waals surface area contributed by atoms with Crippen LogP contribution in [0.5, 0.6) is 0 Å². The van der Waals surface area contributed by atoms with Crippen LogP contribution in [0, 0.1) is 0 Å². The Morgan fingerprint density at radius 3 is 1.59 bits per heavy atom. The molecule has 0 bridgehead atoms. The van der Waals surface area contributed by atoms with Crippen molar-refractivity contribution in [3.63, 3.8) is 0 Å². The first-order valence-electron chi connectivity index (χ1n) is 15.2. The van der Waals surface area contributed by atoms with E-state index in [1.54, 1.807) is 0 Å². The molecule has 0 fully saturated rings. The first kappa shape index (κ1) is 25.9. The third-order valence-corrected chi connectivity index (χ3v) is 12.0. The quantitative estimate of drug-likeness (QED) is 0.186. The number of thioether (sulfide) groups is 2. The van der Waals surface area contributed by atoms with Crippen LogP contribution in [0.25, 0.3) is 65.7 Å². The zero-order chi connectivity index (χ0) is 29.0. The van der Waals surface area contributed by atoms with E-state index in [0.717, 1.165) is 0 Å². The number of fused-ring (bicyclic) bond motifs is 8. The SMILES string of the molecule is C1=CC2Sc3cccc(-c4ccc(-c5ccc6c7ccccc7c7cc(-c8ccccc8)ccc7c6c5)cc4)c3SC2C=C1. The molecule has 0 aromatic heterocycles. The van der Waals surface area contributed by atoms with Crippen LogP contribution in [0.2, 0.25) is 0 Å². The van der Waals surface area contributed by atoms with Crippen molar-refractivity contribution >= 4 is 55.8 Å². The molecule has 2 heteroatoms. The molecule has 7 aromatic rings.